The summed E-state index contributed by atoms with van der Waals surface area (Å²) in [6.45, 7) is 6.53. The SMILES string of the molecule is CCCCN(CCCC)C(=O)CN1C[C@H](c2ccc3c(c2)OCO3)C(C(=O)O)[C@@H]1Cc1ccccc1OC. The topological polar surface area (TPSA) is 88.5 Å². The zero-order valence-corrected chi connectivity index (χ0v) is 22.7. The van der Waals surface area contributed by atoms with Crippen molar-refractivity contribution in [3.05, 3.63) is 53.6 Å². The monoisotopic (exact) mass is 524 g/mol. The number of fused-ring (bicyclic) bond motifs is 1. The second kappa shape index (κ2) is 13.0. The van der Waals surface area contributed by atoms with Gasteiger partial charge in [-0.05, 0) is 48.6 Å². The van der Waals surface area contributed by atoms with E-state index in [4.69, 9.17) is 14.2 Å². The van der Waals surface area contributed by atoms with Crippen LogP contribution in [0.3, 0.4) is 0 Å². The smallest absolute Gasteiger partial charge is 0.308 e. The Kier molecular flexibility index (Phi) is 9.50. The number of carbonyl (C=O) groups excluding carboxylic acids is 1. The molecule has 0 spiro atoms. The molecule has 2 aliphatic heterocycles. The maximum absolute atomic E-state index is 13.6. The van der Waals surface area contributed by atoms with Crippen LogP contribution in [0.15, 0.2) is 42.5 Å². The summed E-state index contributed by atoms with van der Waals surface area (Å²) in [7, 11) is 1.62. The van der Waals surface area contributed by atoms with Gasteiger partial charge in [-0.3, -0.25) is 14.5 Å². The van der Waals surface area contributed by atoms with Crippen LogP contribution in [0.1, 0.15) is 56.6 Å². The van der Waals surface area contributed by atoms with Gasteiger partial charge in [0.15, 0.2) is 11.5 Å². The number of rotatable bonds is 13. The highest BCUT2D eigenvalue weighted by Crippen LogP contribution is 2.43. The molecule has 1 saturated heterocycles. The fourth-order valence-electron chi connectivity index (χ4n) is 5.66. The highest BCUT2D eigenvalue weighted by Gasteiger charge is 2.47. The van der Waals surface area contributed by atoms with Gasteiger partial charge in [0.05, 0.1) is 19.6 Å². The number of hydrogen-bond donors (Lipinski definition) is 1. The van der Waals surface area contributed by atoms with Crippen molar-refractivity contribution >= 4 is 11.9 Å². The van der Waals surface area contributed by atoms with Crippen molar-refractivity contribution in [3.8, 4) is 17.2 Å². The number of carbonyl (C=O) groups is 2. The van der Waals surface area contributed by atoms with Crippen molar-refractivity contribution in [2.45, 2.75) is 57.9 Å². The third kappa shape index (κ3) is 6.23. The van der Waals surface area contributed by atoms with E-state index in [-0.39, 0.29) is 31.2 Å². The lowest BCUT2D eigenvalue weighted by atomic mass is 9.83. The molecule has 0 radical (unpaired) electrons. The Morgan fingerprint density at radius 2 is 1.76 bits per heavy atom. The van der Waals surface area contributed by atoms with E-state index in [9.17, 15) is 14.7 Å². The Hall–Kier alpha value is -3.26. The van der Waals surface area contributed by atoms with Crippen LogP contribution in [0.5, 0.6) is 17.2 Å². The number of amides is 1. The Morgan fingerprint density at radius 3 is 2.45 bits per heavy atom. The minimum Gasteiger partial charge on any atom is -0.496 e. The molecule has 2 aliphatic rings. The first-order chi connectivity index (χ1) is 18.5. The molecule has 1 fully saturated rings. The van der Waals surface area contributed by atoms with Gasteiger partial charge in [-0.25, -0.2) is 0 Å². The number of methoxy groups -OCH3 is 1. The zero-order chi connectivity index (χ0) is 27.1. The van der Waals surface area contributed by atoms with Crippen LogP contribution >= 0.6 is 0 Å². The number of carboxylic acids is 1. The summed E-state index contributed by atoms with van der Waals surface area (Å²) in [5.41, 5.74) is 1.82. The standard InChI is InChI=1S/C30H40N2O6/c1-4-6-14-31(15-7-5-2)28(33)19-32-18-23(21-12-13-26-27(17-21)38-20-37-26)29(30(34)35)24(32)16-22-10-8-9-11-25(22)36-3/h8-13,17,23-24,29H,4-7,14-16,18-20H2,1-3H3,(H,34,35)/t23-,24+,29?/m1/s1. The van der Waals surface area contributed by atoms with Crippen molar-refractivity contribution in [3.63, 3.8) is 0 Å². The summed E-state index contributed by atoms with van der Waals surface area (Å²) >= 11 is 0. The summed E-state index contributed by atoms with van der Waals surface area (Å²) in [6.07, 6.45) is 4.42. The van der Waals surface area contributed by atoms with Crippen LogP contribution in [0, 0.1) is 5.92 Å². The maximum atomic E-state index is 13.6. The third-order valence-corrected chi connectivity index (χ3v) is 7.73. The van der Waals surface area contributed by atoms with E-state index in [2.05, 4.69) is 18.7 Å². The molecule has 2 aromatic carbocycles. The summed E-state index contributed by atoms with van der Waals surface area (Å²) in [4.78, 5) is 30.4. The highest BCUT2D eigenvalue weighted by atomic mass is 16.7. The first-order valence-corrected chi connectivity index (χ1v) is 13.7. The van der Waals surface area contributed by atoms with Crippen molar-refractivity contribution in [1.82, 2.24) is 9.80 Å². The largest absolute Gasteiger partial charge is 0.496 e. The number of aliphatic carboxylic acids is 1. The number of benzene rings is 2. The van der Waals surface area contributed by atoms with Crippen LogP contribution < -0.4 is 14.2 Å². The normalized spacial score (nSPS) is 20.4. The van der Waals surface area contributed by atoms with Crippen molar-refractivity contribution in [2.24, 2.45) is 5.92 Å². The van der Waals surface area contributed by atoms with E-state index >= 15 is 0 Å². The molecule has 0 bridgehead atoms. The molecule has 206 valence electrons. The molecule has 38 heavy (non-hydrogen) atoms. The number of likely N-dealkylation sites (tertiary alicyclic amines) is 1. The van der Waals surface area contributed by atoms with Gasteiger partial charge in [0.25, 0.3) is 0 Å². The summed E-state index contributed by atoms with van der Waals surface area (Å²) in [6, 6.07) is 13.0. The maximum Gasteiger partial charge on any atom is 0.308 e. The lowest BCUT2D eigenvalue weighted by Crippen LogP contribution is -2.45. The van der Waals surface area contributed by atoms with Gasteiger partial charge in [0.2, 0.25) is 12.7 Å². The average Bonchev–Trinajstić information content (AvgIpc) is 3.53. The Balaban J connectivity index is 1.66. The lowest BCUT2D eigenvalue weighted by molar-refractivity contribution is -0.143. The third-order valence-electron chi connectivity index (χ3n) is 7.73. The van der Waals surface area contributed by atoms with Gasteiger partial charge in [-0.2, -0.15) is 0 Å². The number of ether oxygens (including phenoxy) is 3. The second-order valence-electron chi connectivity index (χ2n) is 10.2. The van der Waals surface area contributed by atoms with Gasteiger partial charge >= 0.3 is 5.97 Å². The Bertz CT molecular complexity index is 1100. The number of unbranched alkanes of at least 4 members (excludes halogenated alkanes) is 2. The van der Waals surface area contributed by atoms with Crippen LogP contribution in [0.4, 0.5) is 0 Å². The van der Waals surface area contributed by atoms with Crippen molar-refractivity contribution in [2.75, 3.05) is 40.1 Å². The van der Waals surface area contributed by atoms with E-state index in [1.54, 1.807) is 7.11 Å². The first kappa shape index (κ1) is 27.8. The number of carboxylic acid groups (broad SMARTS) is 1. The molecule has 0 saturated carbocycles. The van der Waals surface area contributed by atoms with Gasteiger partial charge < -0.3 is 24.2 Å². The van der Waals surface area contributed by atoms with Gasteiger partial charge in [0.1, 0.15) is 5.75 Å². The lowest BCUT2D eigenvalue weighted by Gasteiger charge is -2.30. The molecule has 0 aromatic heterocycles. The van der Waals surface area contributed by atoms with E-state index < -0.39 is 11.9 Å². The molecule has 4 rings (SSSR count). The predicted octanol–water partition coefficient (Wildman–Crippen LogP) is 4.56. The molecule has 2 aromatic rings. The van der Waals surface area contributed by atoms with E-state index in [1.165, 1.54) is 0 Å². The van der Waals surface area contributed by atoms with Crippen LogP contribution in [-0.2, 0) is 16.0 Å². The quantitative estimate of drug-likeness (QED) is 0.411. The molecule has 8 nitrogen and oxygen atoms in total. The predicted molar refractivity (Wildman–Crippen MR) is 145 cm³/mol. The van der Waals surface area contributed by atoms with Crippen molar-refractivity contribution in [1.29, 1.82) is 0 Å². The molecular weight excluding hydrogens is 484 g/mol. The molecular formula is C30H40N2O6. The van der Waals surface area contributed by atoms with E-state index in [1.807, 2.05) is 47.4 Å². The average molecular weight is 525 g/mol. The van der Waals surface area contributed by atoms with Crippen LogP contribution in [0.2, 0.25) is 0 Å². The van der Waals surface area contributed by atoms with Gasteiger partial charge in [0, 0.05) is 31.6 Å². The Labute approximate surface area is 225 Å². The van der Waals surface area contributed by atoms with Crippen LogP contribution in [-0.4, -0.2) is 72.9 Å². The van der Waals surface area contributed by atoms with Crippen molar-refractivity contribution < 1.29 is 28.9 Å². The van der Waals surface area contributed by atoms with E-state index in [0.717, 1.165) is 55.6 Å². The molecule has 0 aliphatic carbocycles. The van der Waals surface area contributed by atoms with E-state index in [0.29, 0.717) is 24.5 Å². The molecule has 3 atom stereocenters. The summed E-state index contributed by atoms with van der Waals surface area (Å²) < 4.78 is 16.6. The summed E-state index contributed by atoms with van der Waals surface area (Å²) in [5.74, 6) is 0.222. The molecule has 1 unspecified atom stereocenters. The zero-order valence-electron chi connectivity index (χ0n) is 22.7. The fraction of sp³-hybridized carbons (Fsp3) is 0.533. The minimum absolute atomic E-state index is 0.0624. The Morgan fingerprint density at radius 1 is 1.05 bits per heavy atom. The molecule has 8 heteroatoms. The second-order valence-corrected chi connectivity index (χ2v) is 10.2. The fourth-order valence-corrected chi connectivity index (χ4v) is 5.66. The first-order valence-electron chi connectivity index (χ1n) is 13.7. The minimum atomic E-state index is -0.865. The van der Waals surface area contributed by atoms with Crippen LogP contribution in [0.25, 0.3) is 0 Å². The molecule has 2 heterocycles. The highest BCUT2D eigenvalue weighted by molar-refractivity contribution is 5.79. The van der Waals surface area contributed by atoms with Gasteiger partial charge in [-0.1, -0.05) is 51.0 Å². The molecule has 1 amide bonds. The number of para-hydroxylation sites is 1. The number of nitrogens with zero attached hydrogens (tertiary/aromatic N) is 2. The number of hydrogen-bond acceptors (Lipinski definition) is 6. The molecule has 1 N–H and O–H groups in total. The summed E-state index contributed by atoms with van der Waals surface area (Å²) in [5, 5.41) is 10.5. The van der Waals surface area contributed by atoms with Gasteiger partial charge in [-0.15, -0.1) is 0 Å².